The van der Waals surface area contributed by atoms with Crippen molar-refractivity contribution in [3.05, 3.63) is 45.3 Å². The van der Waals surface area contributed by atoms with Crippen molar-refractivity contribution in [1.29, 1.82) is 0 Å². The Morgan fingerprint density at radius 3 is 2.50 bits per heavy atom. The van der Waals surface area contributed by atoms with Gasteiger partial charge in [-0.1, -0.05) is 0 Å². The van der Waals surface area contributed by atoms with Gasteiger partial charge in [0.05, 0.1) is 10.5 Å². The summed E-state index contributed by atoms with van der Waals surface area (Å²) in [4.78, 5) is 21.6. The van der Waals surface area contributed by atoms with Crippen LogP contribution < -0.4 is 0 Å². The van der Waals surface area contributed by atoms with Crippen LogP contribution >= 0.6 is 0 Å². The van der Waals surface area contributed by atoms with Gasteiger partial charge < -0.3 is 4.74 Å². The zero-order valence-corrected chi connectivity index (χ0v) is 11.8. The minimum Gasteiger partial charge on any atom is -0.457 e. The molecular formula is C14H16FNO4. The molecule has 1 rings (SSSR count). The molecule has 0 N–H and O–H groups in total. The lowest BCUT2D eigenvalue weighted by Gasteiger charge is -2.17. The van der Waals surface area contributed by atoms with E-state index < -0.39 is 22.3 Å². The molecule has 0 heterocycles. The number of benzene rings is 1. The van der Waals surface area contributed by atoms with E-state index in [4.69, 9.17) is 4.74 Å². The average Bonchev–Trinajstić information content (AvgIpc) is 2.27. The third-order valence-electron chi connectivity index (χ3n) is 2.35. The Morgan fingerprint density at radius 1 is 1.40 bits per heavy atom. The first-order chi connectivity index (χ1) is 9.10. The van der Waals surface area contributed by atoms with E-state index in [9.17, 15) is 19.3 Å². The van der Waals surface area contributed by atoms with Crippen molar-refractivity contribution in [1.82, 2.24) is 0 Å². The molecule has 20 heavy (non-hydrogen) atoms. The third-order valence-corrected chi connectivity index (χ3v) is 2.35. The number of carbonyl (C=O) groups is 1. The van der Waals surface area contributed by atoms with Crippen LogP contribution in [-0.4, -0.2) is 16.5 Å². The van der Waals surface area contributed by atoms with Gasteiger partial charge in [-0.3, -0.25) is 10.1 Å². The summed E-state index contributed by atoms with van der Waals surface area (Å²) in [5.41, 5.74) is -0.768. The summed E-state index contributed by atoms with van der Waals surface area (Å²) >= 11 is 0. The van der Waals surface area contributed by atoms with E-state index in [-0.39, 0.29) is 16.8 Å². The first-order valence-corrected chi connectivity index (χ1v) is 5.96. The normalized spacial score (nSPS) is 11.7. The number of rotatable bonds is 3. The molecule has 0 aromatic heterocycles. The molecule has 0 fully saturated rings. The van der Waals surface area contributed by atoms with Crippen molar-refractivity contribution < 1.29 is 18.8 Å². The molecule has 1 aromatic carbocycles. The van der Waals surface area contributed by atoms with Gasteiger partial charge >= 0.3 is 5.97 Å². The van der Waals surface area contributed by atoms with E-state index in [0.717, 1.165) is 12.1 Å². The predicted octanol–water partition coefficient (Wildman–Crippen LogP) is 3.40. The standard InChI is InChI=1S/C14H16FNO4/c1-9-11(15)7-10(8-12(9)16(18)19)5-6-13(17)20-14(2,3)4/h5-8H,1-4H3/b6-5+. The molecule has 0 aliphatic rings. The van der Waals surface area contributed by atoms with E-state index in [2.05, 4.69) is 0 Å². The number of esters is 1. The van der Waals surface area contributed by atoms with Gasteiger partial charge in [-0.05, 0) is 45.4 Å². The molecule has 1 aromatic rings. The minimum atomic E-state index is -0.692. The SMILES string of the molecule is Cc1c(F)cc(/C=C/C(=O)OC(C)(C)C)cc1[N+](=O)[O-]. The summed E-state index contributed by atoms with van der Waals surface area (Å²) in [6.45, 7) is 6.48. The lowest BCUT2D eigenvalue weighted by Crippen LogP contribution is -2.22. The maximum absolute atomic E-state index is 13.5. The Balaban J connectivity index is 2.99. The van der Waals surface area contributed by atoms with Crippen molar-refractivity contribution >= 4 is 17.7 Å². The van der Waals surface area contributed by atoms with Crippen LogP contribution in [0, 0.1) is 22.9 Å². The molecule has 0 amide bonds. The molecule has 0 unspecified atom stereocenters. The van der Waals surface area contributed by atoms with Crippen LogP contribution in [-0.2, 0) is 9.53 Å². The average molecular weight is 281 g/mol. The number of nitro benzene ring substituents is 1. The topological polar surface area (TPSA) is 69.4 Å². The van der Waals surface area contributed by atoms with Gasteiger partial charge in [-0.2, -0.15) is 0 Å². The summed E-state index contributed by atoms with van der Waals surface area (Å²) in [7, 11) is 0. The van der Waals surface area contributed by atoms with Gasteiger partial charge in [0.2, 0.25) is 0 Å². The number of nitrogens with zero attached hydrogens (tertiary/aromatic N) is 1. The van der Waals surface area contributed by atoms with Crippen LogP contribution in [0.1, 0.15) is 31.9 Å². The fraction of sp³-hybridized carbons (Fsp3) is 0.357. The number of carbonyl (C=O) groups excluding carboxylic acids is 1. The van der Waals surface area contributed by atoms with E-state index in [1.54, 1.807) is 20.8 Å². The zero-order valence-electron chi connectivity index (χ0n) is 11.8. The van der Waals surface area contributed by atoms with Crippen molar-refractivity contribution in [2.24, 2.45) is 0 Å². The van der Waals surface area contributed by atoms with Crippen molar-refractivity contribution in [2.45, 2.75) is 33.3 Å². The van der Waals surface area contributed by atoms with Crippen LogP contribution in [0.5, 0.6) is 0 Å². The van der Waals surface area contributed by atoms with Crippen molar-refractivity contribution in [3.8, 4) is 0 Å². The summed E-state index contributed by atoms with van der Waals surface area (Å²) in [6.07, 6.45) is 2.39. The Bertz CT molecular complexity index is 573. The maximum Gasteiger partial charge on any atom is 0.331 e. The Labute approximate surface area is 116 Å². The molecule has 0 saturated carbocycles. The van der Waals surface area contributed by atoms with Crippen molar-refractivity contribution in [2.75, 3.05) is 0 Å². The number of hydrogen-bond donors (Lipinski definition) is 0. The van der Waals surface area contributed by atoms with Crippen LogP contribution in [0.25, 0.3) is 6.08 Å². The fourth-order valence-electron chi connectivity index (χ4n) is 1.47. The largest absolute Gasteiger partial charge is 0.457 e. The first-order valence-electron chi connectivity index (χ1n) is 5.96. The lowest BCUT2D eigenvalue weighted by molar-refractivity contribution is -0.385. The molecular weight excluding hydrogens is 265 g/mol. The fourth-order valence-corrected chi connectivity index (χ4v) is 1.47. The van der Waals surface area contributed by atoms with E-state index >= 15 is 0 Å². The zero-order chi connectivity index (χ0) is 15.5. The number of hydrogen-bond acceptors (Lipinski definition) is 4. The molecule has 5 nitrogen and oxygen atoms in total. The second kappa shape index (κ2) is 5.81. The Hall–Kier alpha value is -2.24. The summed E-state index contributed by atoms with van der Waals surface area (Å²) in [6, 6.07) is 2.34. The monoisotopic (exact) mass is 281 g/mol. The van der Waals surface area contributed by atoms with Gasteiger partial charge in [0.1, 0.15) is 11.4 Å². The molecule has 0 atom stereocenters. The molecule has 0 aliphatic carbocycles. The van der Waals surface area contributed by atoms with Crippen LogP contribution in [0.15, 0.2) is 18.2 Å². The molecule has 0 aliphatic heterocycles. The molecule has 0 radical (unpaired) electrons. The van der Waals surface area contributed by atoms with E-state index in [1.165, 1.54) is 19.1 Å². The summed E-state index contributed by atoms with van der Waals surface area (Å²) in [5, 5.41) is 10.8. The van der Waals surface area contributed by atoms with Gasteiger partial charge in [0, 0.05) is 12.1 Å². The molecule has 6 heteroatoms. The van der Waals surface area contributed by atoms with E-state index in [0.29, 0.717) is 0 Å². The smallest absolute Gasteiger partial charge is 0.331 e. The third kappa shape index (κ3) is 4.46. The highest BCUT2D eigenvalue weighted by Gasteiger charge is 2.16. The second-order valence-electron chi connectivity index (χ2n) is 5.27. The first kappa shape index (κ1) is 15.8. The van der Waals surface area contributed by atoms with Crippen LogP contribution in [0.3, 0.4) is 0 Å². The molecule has 0 bridgehead atoms. The predicted molar refractivity (Wildman–Crippen MR) is 72.7 cm³/mol. The number of ether oxygens (including phenoxy) is 1. The van der Waals surface area contributed by atoms with Crippen molar-refractivity contribution in [3.63, 3.8) is 0 Å². The van der Waals surface area contributed by atoms with Gasteiger partial charge in [0.25, 0.3) is 5.69 Å². The van der Waals surface area contributed by atoms with Gasteiger partial charge in [-0.15, -0.1) is 0 Å². The van der Waals surface area contributed by atoms with E-state index in [1.807, 2.05) is 0 Å². The molecule has 108 valence electrons. The lowest BCUT2D eigenvalue weighted by atomic mass is 10.1. The second-order valence-corrected chi connectivity index (χ2v) is 5.27. The summed E-state index contributed by atoms with van der Waals surface area (Å²) < 4.78 is 18.6. The maximum atomic E-state index is 13.5. The Kier molecular flexibility index (Phi) is 4.60. The quantitative estimate of drug-likeness (QED) is 0.368. The van der Waals surface area contributed by atoms with Gasteiger partial charge in [0.15, 0.2) is 0 Å². The molecule has 0 saturated heterocycles. The highest BCUT2D eigenvalue weighted by Crippen LogP contribution is 2.23. The highest BCUT2D eigenvalue weighted by atomic mass is 19.1. The minimum absolute atomic E-state index is 0.0376. The number of nitro groups is 1. The van der Waals surface area contributed by atoms with Crippen LogP contribution in [0.4, 0.5) is 10.1 Å². The van der Waals surface area contributed by atoms with Crippen LogP contribution in [0.2, 0.25) is 0 Å². The number of halogens is 1. The highest BCUT2D eigenvalue weighted by molar-refractivity contribution is 5.87. The summed E-state index contributed by atoms with van der Waals surface area (Å²) in [5.74, 6) is -1.29. The molecule has 0 spiro atoms. The Morgan fingerprint density at radius 2 is 2.00 bits per heavy atom. The van der Waals surface area contributed by atoms with Gasteiger partial charge in [-0.25, -0.2) is 9.18 Å².